The Balaban J connectivity index is 2.23. The number of ether oxygens (including phenoxy) is 2. The lowest BCUT2D eigenvalue weighted by Gasteiger charge is -2.24. The number of aromatic nitrogens is 2. The van der Waals surface area contributed by atoms with Crippen LogP contribution in [0.15, 0.2) is 18.3 Å². The van der Waals surface area contributed by atoms with Crippen LogP contribution < -0.4 is 15.2 Å². The van der Waals surface area contributed by atoms with Crippen molar-refractivity contribution in [2.45, 2.75) is 19.8 Å². The van der Waals surface area contributed by atoms with Gasteiger partial charge in [-0.05, 0) is 23.6 Å². The van der Waals surface area contributed by atoms with Crippen molar-refractivity contribution in [1.29, 1.82) is 0 Å². The molecule has 0 fully saturated rings. The Hall–Kier alpha value is -2.17. The predicted molar refractivity (Wildman–Crippen MR) is 73.5 cm³/mol. The lowest BCUT2D eigenvalue weighted by Crippen LogP contribution is -2.17. The summed E-state index contributed by atoms with van der Waals surface area (Å²) < 4.78 is 11.4. The number of anilines is 1. The van der Waals surface area contributed by atoms with Crippen LogP contribution in [-0.4, -0.2) is 23.4 Å². The summed E-state index contributed by atoms with van der Waals surface area (Å²) in [6.45, 7) is 5.44. The van der Waals surface area contributed by atoms with Crippen LogP contribution in [0.1, 0.15) is 25.3 Å². The van der Waals surface area contributed by atoms with Crippen LogP contribution in [0.3, 0.4) is 0 Å². The van der Waals surface area contributed by atoms with Gasteiger partial charge in [-0.15, -0.1) is 0 Å². The highest BCUT2D eigenvalue weighted by Gasteiger charge is 2.23. The summed E-state index contributed by atoms with van der Waals surface area (Å²) in [5.74, 6) is 2.51. The number of rotatable bonds is 2. The van der Waals surface area contributed by atoms with E-state index in [2.05, 4.69) is 24.0 Å². The number of hydrogen-bond donors (Lipinski definition) is 2. The lowest BCUT2D eigenvalue weighted by atomic mass is 9.92. The van der Waals surface area contributed by atoms with Gasteiger partial charge in [0.2, 0.25) is 0 Å². The van der Waals surface area contributed by atoms with Crippen LogP contribution in [0.25, 0.3) is 11.1 Å². The van der Waals surface area contributed by atoms with Crippen molar-refractivity contribution >= 4 is 5.82 Å². The van der Waals surface area contributed by atoms with Gasteiger partial charge >= 0.3 is 0 Å². The number of nitrogens with two attached hydrogens (primary N) is 1. The fourth-order valence-corrected chi connectivity index (χ4v) is 2.46. The van der Waals surface area contributed by atoms with E-state index in [9.17, 15) is 0 Å². The van der Waals surface area contributed by atoms with Gasteiger partial charge in [-0.3, -0.25) is 5.10 Å². The second kappa shape index (κ2) is 4.50. The van der Waals surface area contributed by atoms with E-state index in [-0.39, 0.29) is 0 Å². The number of H-pyrrole nitrogens is 1. The van der Waals surface area contributed by atoms with Crippen molar-refractivity contribution < 1.29 is 9.47 Å². The van der Waals surface area contributed by atoms with Crippen molar-refractivity contribution in [1.82, 2.24) is 10.2 Å². The first-order valence-electron chi connectivity index (χ1n) is 6.40. The number of nitrogens with zero attached hydrogens (tertiary/aromatic N) is 1. The summed E-state index contributed by atoms with van der Waals surface area (Å²) in [4.78, 5) is 0. The molecule has 100 valence electrons. The van der Waals surface area contributed by atoms with Crippen LogP contribution in [0.2, 0.25) is 0 Å². The number of aromatic amines is 1. The van der Waals surface area contributed by atoms with Crippen LogP contribution in [0.4, 0.5) is 5.82 Å². The number of benzene rings is 1. The molecule has 1 aliphatic heterocycles. The number of nitrogen functional groups attached to an aromatic ring is 1. The lowest BCUT2D eigenvalue weighted by molar-refractivity contribution is 0.169. The van der Waals surface area contributed by atoms with Gasteiger partial charge in [0.1, 0.15) is 19.0 Å². The zero-order chi connectivity index (χ0) is 13.4. The van der Waals surface area contributed by atoms with E-state index >= 15 is 0 Å². The Morgan fingerprint density at radius 2 is 2.00 bits per heavy atom. The van der Waals surface area contributed by atoms with E-state index in [4.69, 9.17) is 15.2 Å². The monoisotopic (exact) mass is 259 g/mol. The van der Waals surface area contributed by atoms with Crippen molar-refractivity contribution in [3.8, 4) is 22.6 Å². The molecule has 0 unspecified atom stereocenters. The molecule has 0 amide bonds. The summed E-state index contributed by atoms with van der Waals surface area (Å²) in [6, 6.07) is 3.95. The Bertz CT molecular complexity index is 605. The smallest absolute Gasteiger partial charge is 0.165 e. The summed E-state index contributed by atoms with van der Waals surface area (Å²) in [5, 5.41) is 6.76. The molecule has 2 aromatic rings. The van der Waals surface area contributed by atoms with Crippen molar-refractivity contribution in [3.63, 3.8) is 0 Å². The van der Waals surface area contributed by atoms with Gasteiger partial charge in [0, 0.05) is 11.1 Å². The molecule has 1 aromatic heterocycles. The maximum absolute atomic E-state index is 5.93. The number of fused-ring (bicyclic) bond motifs is 1. The topological polar surface area (TPSA) is 73.2 Å². The first-order valence-corrected chi connectivity index (χ1v) is 6.40. The first-order chi connectivity index (χ1) is 9.18. The van der Waals surface area contributed by atoms with E-state index in [1.54, 1.807) is 6.20 Å². The summed E-state index contributed by atoms with van der Waals surface area (Å²) in [7, 11) is 0. The summed E-state index contributed by atoms with van der Waals surface area (Å²) >= 11 is 0. The van der Waals surface area contributed by atoms with Crippen molar-refractivity contribution in [2.24, 2.45) is 0 Å². The Morgan fingerprint density at radius 1 is 1.21 bits per heavy atom. The van der Waals surface area contributed by atoms with Gasteiger partial charge in [-0.25, -0.2) is 0 Å². The normalized spacial score (nSPS) is 13.8. The number of nitrogens with one attached hydrogen (secondary N) is 1. The standard InChI is InChI=1S/C14H17N3O2/c1-8(2)12-9(10-7-16-17-14(10)15)3-4-11-13(12)19-6-5-18-11/h3-4,7-8H,5-6H2,1-2H3,(H3,15,16,17). The van der Waals surface area contributed by atoms with E-state index in [1.807, 2.05) is 12.1 Å². The molecule has 0 bridgehead atoms. The molecule has 1 aromatic carbocycles. The van der Waals surface area contributed by atoms with E-state index in [0.29, 0.717) is 24.9 Å². The third-order valence-corrected chi connectivity index (χ3v) is 3.28. The van der Waals surface area contributed by atoms with Crippen LogP contribution in [0, 0.1) is 0 Å². The average molecular weight is 259 g/mol. The average Bonchev–Trinajstić information content (AvgIpc) is 2.83. The van der Waals surface area contributed by atoms with Crippen molar-refractivity contribution in [3.05, 3.63) is 23.9 Å². The Morgan fingerprint density at radius 3 is 2.68 bits per heavy atom. The van der Waals surface area contributed by atoms with Gasteiger partial charge in [-0.1, -0.05) is 13.8 Å². The van der Waals surface area contributed by atoms with Gasteiger partial charge < -0.3 is 15.2 Å². The van der Waals surface area contributed by atoms with Crippen LogP contribution >= 0.6 is 0 Å². The molecule has 5 heteroatoms. The SMILES string of the molecule is CC(C)c1c(-c2cn[nH]c2N)ccc2c1OCCO2. The fraction of sp³-hybridized carbons (Fsp3) is 0.357. The summed E-state index contributed by atoms with van der Waals surface area (Å²) in [5.41, 5.74) is 8.99. The molecule has 0 saturated carbocycles. The number of hydrogen-bond acceptors (Lipinski definition) is 4. The minimum atomic E-state index is 0.306. The molecule has 5 nitrogen and oxygen atoms in total. The maximum Gasteiger partial charge on any atom is 0.165 e. The quantitative estimate of drug-likeness (QED) is 0.869. The van der Waals surface area contributed by atoms with E-state index < -0.39 is 0 Å². The molecule has 0 aliphatic carbocycles. The zero-order valence-corrected chi connectivity index (χ0v) is 11.1. The van der Waals surface area contributed by atoms with Gasteiger partial charge in [0.25, 0.3) is 0 Å². The predicted octanol–water partition coefficient (Wildman–Crippen LogP) is 2.55. The van der Waals surface area contributed by atoms with E-state index in [0.717, 1.165) is 28.2 Å². The highest BCUT2D eigenvalue weighted by molar-refractivity contribution is 5.79. The van der Waals surface area contributed by atoms with Crippen molar-refractivity contribution in [2.75, 3.05) is 18.9 Å². The minimum absolute atomic E-state index is 0.306. The second-order valence-corrected chi connectivity index (χ2v) is 4.90. The van der Waals surface area contributed by atoms with Crippen LogP contribution in [0.5, 0.6) is 11.5 Å². The molecular formula is C14H17N3O2. The third-order valence-electron chi connectivity index (χ3n) is 3.28. The molecule has 0 atom stereocenters. The molecule has 19 heavy (non-hydrogen) atoms. The molecule has 3 N–H and O–H groups in total. The third kappa shape index (κ3) is 1.91. The molecule has 0 spiro atoms. The Kier molecular flexibility index (Phi) is 2.81. The van der Waals surface area contributed by atoms with Gasteiger partial charge in [0.05, 0.1) is 6.20 Å². The molecule has 1 aliphatic rings. The summed E-state index contributed by atoms with van der Waals surface area (Å²) in [6.07, 6.45) is 1.74. The fourth-order valence-electron chi connectivity index (χ4n) is 2.46. The molecule has 3 rings (SSSR count). The minimum Gasteiger partial charge on any atom is -0.486 e. The largest absolute Gasteiger partial charge is 0.486 e. The highest BCUT2D eigenvalue weighted by Crippen LogP contribution is 2.44. The molecular weight excluding hydrogens is 242 g/mol. The second-order valence-electron chi connectivity index (χ2n) is 4.90. The zero-order valence-electron chi connectivity index (χ0n) is 11.1. The molecule has 0 radical (unpaired) electrons. The van der Waals surface area contributed by atoms with E-state index in [1.165, 1.54) is 0 Å². The van der Waals surface area contributed by atoms with Gasteiger partial charge in [0.15, 0.2) is 11.5 Å². The Labute approximate surface area is 111 Å². The highest BCUT2D eigenvalue weighted by atomic mass is 16.6. The maximum atomic E-state index is 5.93. The first kappa shape index (κ1) is 11.9. The van der Waals surface area contributed by atoms with Gasteiger partial charge in [-0.2, -0.15) is 5.10 Å². The molecule has 0 saturated heterocycles. The molecule has 2 heterocycles. The van der Waals surface area contributed by atoms with Crippen LogP contribution in [-0.2, 0) is 0 Å².